The van der Waals surface area contributed by atoms with Gasteiger partial charge in [-0.2, -0.15) is 5.26 Å². The molecule has 0 spiro atoms. The molecule has 68 heavy (non-hydrogen) atoms. The van der Waals surface area contributed by atoms with Gasteiger partial charge in [-0.25, -0.2) is 14.0 Å². The molecule has 0 N–H and O–H groups in total. The summed E-state index contributed by atoms with van der Waals surface area (Å²) in [6.45, 7) is 13.1. The van der Waals surface area contributed by atoms with Crippen LogP contribution in [0, 0.1) is 18.3 Å². The molecule has 4 aromatic carbocycles. The molecule has 2 saturated heterocycles. The van der Waals surface area contributed by atoms with Gasteiger partial charge in [0.05, 0.1) is 46.5 Å². The van der Waals surface area contributed by atoms with E-state index in [0.717, 1.165) is 26.8 Å². The first-order valence-electron chi connectivity index (χ1n) is 22.9. The highest BCUT2D eigenvalue weighted by Crippen LogP contribution is 2.57. The number of hydrogen-bond acceptors (Lipinski definition) is 12. The number of benzene rings is 4. The molecule has 7 rings (SSSR count). The van der Waals surface area contributed by atoms with Crippen LogP contribution in [-0.2, 0) is 47.0 Å². The molecular formula is C52H62N5O10P. The molecule has 15 nitrogen and oxygen atoms in total. The van der Waals surface area contributed by atoms with Crippen molar-refractivity contribution in [3.05, 3.63) is 164 Å². The van der Waals surface area contributed by atoms with Crippen LogP contribution in [0.4, 0.5) is 0 Å². The van der Waals surface area contributed by atoms with Gasteiger partial charge in [0.25, 0.3) is 20.0 Å². The maximum absolute atomic E-state index is 15.6. The van der Waals surface area contributed by atoms with E-state index < -0.39 is 61.3 Å². The van der Waals surface area contributed by atoms with E-state index in [2.05, 4.69) is 10.7 Å². The van der Waals surface area contributed by atoms with E-state index >= 15 is 4.79 Å². The first-order chi connectivity index (χ1) is 32.7. The van der Waals surface area contributed by atoms with Gasteiger partial charge < -0.3 is 37.6 Å². The lowest BCUT2D eigenvalue weighted by Crippen LogP contribution is -2.57. The number of methoxy groups -OCH3 is 2. The molecule has 0 radical (unpaired) electrons. The summed E-state index contributed by atoms with van der Waals surface area (Å²) < 4.78 is 50.0. The molecule has 360 valence electrons. The van der Waals surface area contributed by atoms with E-state index in [4.69, 9.17) is 32.7 Å². The second-order valence-corrected chi connectivity index (χ2v) is 19.2. The lowest BCUT2D eigenvalue weighted by Gasteiger charge is -2.42. The quantitative estimate of drug-likeness (QED) is 0.0374. The molecule has 0 aliphatic carbocycles. The highest BCUT2D eigenvalue weighted by molar-refractivity contribution is 7.44. The maximum atomic E-state index is 15.6. The second kappa shape index (κ2) is 21.7. The second-order valence-electron chi connectivity index (χ2n) is 17.8. The number of nitrogens with zero attached hydrogens (tertiary/aromatic N) is 5. The number of carbonyl (C=O) groups excluding carboxylic acids is 1. The third-order valence-corrected chi connectivity index (χ3v) is 14.5. The number of aryl methyl sites for hydroxylation is 1. The summed E-state index contributed by atoms with van der Waals surface area (Å²) in [5.41, 5.74) is -1.15. The molecule has 1 amide bonds. The van der Waals surface area contributed by atoms with Gasteiger partial charge in [-0.1, -0.05) is 84.9 Å². The monoisotopic (exact) mass is 947 g/mol. The van der Waals surface area contributed by atoms with Crippen LogP contribution in [-0.4, -0.2) is 87.9 Å². The highest BCUT2D eigenvalue weighted by atomic mass is 31.2. The van der Waals surface area contributed by atoms with Crippen LogP contribution >= 0.6 is 8.53 Å². The molecule has 1 unspecified atom stereocenters. The predicted octanol–water partition coefficient (Wildman–Crippen LogP) is 8.07. The van der Waals surface area contributed by atoms with E-state index in [9.17, 15) is 14.9 Å². The molecule has 3 heterocycles. The van der Waals surface area contributed by atoms with Gasteiger partial charge in [0, 0.05) is 29.9 Å². The summed E-state index contributed by atoms with van der Waals surface area (Å²) in [4.78, 5) is 45.8. The number of likely N-dealkylation sites (tertiary alicyclic amines) is 1. The fraction of sp³-hybridized carbons (Fsp3) is 0.423. The van der Waals surface area contributed by atoms with Crippen LogP contribution in [0.5, 0.6) is 11.5 Å². The van der Waals surface area contributed by atoms with Crippen LogP contribution in [0.15, 0.2) is 125 Å². The molecule has 0 saturated carbocycles. The summed E-state index contributed by atoms with van der Waals surface area (Å²) in [6, 6.07) is 35.0. The minimum Gasteiger partial charge on any atom is -0.497 e. The van der Waals surface area contributed by atoms with E-state index in [1.807, 2.05) is 151 Å². The van der Waals surface area contributed by atoms with Crippen LogP contribution in [0.25, 0.3) is 0 Å². The SMILES string of the molecule is COc1ccc(C(OC[C@@]23O[C@@H](n4cc(C)c(=O)n(COCc5ccccc5)c4=O)[C@@H]([C@@H]2OP(OCCC#N)N(C(C)C)C(C)C)N(C(C)C)C3=O)(c2ccccc2)c2ccc(OC)cc2)cc1. The van der Waals surface area contributed by atoms with Gasteiger partial charge in [0.15, 0.2) is 6.23 Å². The molecule has 2 aliphatic rings. The van der Waals surface area contributed by atoms with Crippen molar-refractivity contribution in [1.29, 1.82) is 5.26 Å². The van der Waals surface area contributed by atoms with Crippen molar-refractivity contribution in [2.75, 3.05) is 27.4 Å². The van der Waals surface area contributed by atoms with Crippen molar-refractivity contribution < 1.29 is 37.5 Å². The number of morpholine rings is 1. The smallest absolute Gasteiger partial charge is 0.335 e. The van der Waals surface area contributed by atoms with Crippen molar-refractivity contribution in [1.82, 2.24) is 18.7 Å². The van der Waals surface area contributed by atoms with E-state index in [0.29, 0.717) is 11.5 Å². The Morgan fingerprint density at radius 3 is 1.90 bits per heavy atom. The number of nitriles is 1. The highest BCUT2D eigenvalue weighted by Gasteiger charge is 2.72. The molecule has 2 bridgehead atoms. The van der Waals surface area contributed by atoms with Gasteiger partial charge in [-0.05, 0) is 95.0 Å². The predicted molar refractivity (Wildman–Crippen MR) is 258 cm³/mol. The standard InChI is InChI=1S/C52H62N5O10P/c1-35(2)56-45-46(67-68(65-30-16-29-53)57(36(3)4)37(5)6)51(49(56)59,66-48(45)54-31-38(7)47(58)55(50(54)60)34-63-32-39-17-12-10-13-18-39)33-64-52(40-19-14-11-15-20-40,41-21-25-43(61-8)26-22-41)42-23-27-44(62-9)28-24-42/h10-15,17-28,31,35-37,45-46,48H,16,30,32-34H2,1-9H3/t45-,46+,48-,51-,68?/m1/s1. The Bertz CT molecular complexity index is 2580. The topological polar surface area (TPSA) is 156 Å². The number of rotatable bonds is 22. The van der Waals surface area contributed by atoms with Crippen LogP contribution in [0.2, 0.25) is 0 Å². The van der Waals surface area contributed by atoms with Crippen molar-refractivity contribution in [2.24, 2.45) is 0 Å². The molecule has 16 heteroatoms. The van der Waals surface area contributed by atoms with Gasteiger partial charge in [0.1, 0.15) is 36.0 Å². The summed E-state index contributed by atoms with van der Waals surface area (Å²) in [6.07, 6.45) is -0.706. The lowest BCUT2D eigenvalue weighted by atomic mass is 9.79. The average Bonchev–Trinajstić information content (AvgIpc) is 3.77. The number of aromatic nitrogens is 2. The number of fused-ring (bicyclic) bond motifs is 2. The van der Waals surface area contributed by atoms with Gasteiger partial charge in [-0.3, -0.25) is 14.2 Å². The first kappa shape index (κ1) is 50.2. The molecule has 5 atom stereocenters. The van der Waals surface area contributed by atoms with Crippen LogP contribution < -0.4 is 20.7 Å². The van der Waals surface area contributed by atoms with Gasteiger partial charge >= 0.3 is 5.69 Å². The maximum Gasteiger partial charge on any atom is 0.335 e. The summed E-state index contributed by atoms with van der Waals surface area (Å²) in [7, 11) is 1.23. The van der Waals surface area contributed by atoms with E-state index in [-0.39, 0.29) is 50.6 Å². The summed E-state index contributed by atoms with van der Waals surface area (Å²) in [5.74, 6) is 0.873. The number of carbonyl (C=O) groups is 1. The van der Waals surface area contributed by atoms with Gasteiger partial charge in [-0.15, -0.1) is 0 Å². The molecule has 1 aromatic heterocycles. The third-order valence-electron chi connectivity index (χ3n) is 12.4. The average molecular weight is 948 g/mol. The Labute approximate surface area is 399 Å². The fourth-order valence-electron chi connectivity index (χ4n) is 9.28. The third kappa shape index (κ3) is 9.78. The van der Waals surface area contributed by atoms with Crippen LogP contribution in [0.3, 0.4) is 0 Å². The lowest BCUT2D eigenvalue weighted by molar-refractivity contribution is -0.196. The Morgan fingerprint density at radius 2 is 1.37 bits per heavy atom. The molecule has 2 aliphatic heterocycles. The summed E-state index contributed by atoms with van der Waals surface area (Å²) in [5, 5.41) is 9.59. The Balaban J connectivity index is 1.42. The van der Waals surface area contributed by atoms with Gasteiger partial charge in [0.2, 0.25) is 5.60 Å². The molecule has 2 fully saturated rings. The normalized spacial score (nSPS) is 19.6. The number of hydrogen-bond donors (Lipinski definition) is 0. The Morgan fingerprint density at radius 1 is 0.809 bits per heavy atom. The first-order valence-corrected chi connectivity index (χ1v) is 24.0. The van der Waals surface area contributed by atoms with Crippen molar-refractivity contribution in [3.63, 3.8) is 0 Å². The van der Waals surface area contributed by atoms with Crippen LogP contribution in [0.1, 0.15) is 82.0 Å². The number of amides is 1. The molecule has 5 aromatic rings. The summed E-state index contributed by atoms with van der Waals surface area (Å²) >= 11 is 0. The zero-order chi connectivity index (χ0) is 48.8. The zero-order valence-electron chi connectivity index (χ0n) is 40.2. The van der Waals surface area contributed by atoms with Crippen molar-refractivity contribution in [3.8, 4) is 17.6 Å². The minimum absolute atomic E-state index is 0.0732. The Kier molecular flexibility index (Phi) is 16.0. The van der Waals surface area contributed by atoms with E-state index in [1.54, 1.807) is 26.0 Å². The van der Waals surface area contributed by atoms with Crippen molar-refractivity contribution in [2.45, 2.75) is 116 Å². The largest absolute Gasteiger partial charge is 0.497 e. The van der Waals surface area contributed by atoms with Crippen molar-refractivity contribution >= 4 is 14.4 Å². The minimum atomic E-state index is -1.98. The number of ether oxygens (including phenoxy) is 5. The fourth-order valence-corrected chi connectivity index (χ4v) is 11.1. The Hall–Kier alpha value is -5.69. The molecular weight excluding hydrogens is 886 g/mol. The zero-order valence-corrected chi connectivity index (χ0v) is 41.1. The van der Waals surface area contributed by atoms with E-state index in [1.165, 1.54) is 10.8 Å².